The molecule has 0 saturated carbocycles. The Labute approximate surface area is 194 Å². The van der Waals surface area contributed by atoms with Crippen LogP contribution in [0.3, 0.4) is 0 Å². The number of hydrogen-bond donors (Lipinski definition) is 2. The Balaban J connectivity index is 1.89. The van der Waals surface area contributed by atoms with Gasteiger partial charge < -0.3 is 5.32 Å². The highest BCUT2D eigenvalue weighted by Gasteiger charge is 2.23. The molecule has 0 bridgehead atoms. The second-order valence-electron chi connectivity index (χ2n) is 7.51. The minimum Gasteiger partial charge on any atom is -0.322 e. The fourth-order valence-electron chi connectivity index (χ4n) is 3.24. The number of amides is 1. The predicted molar refractivity (Wildman–Crippen MR) is 128 cm³/mol. The summed E-state index contributed by atoms with van der Waals surface area (Å²) >= 11 is 0. The van der Waals surface area contributed by atoms with Gasteiger partial charge in [0, 0.05) is 18.3 Å². The summed E-state index contributed by atoms with van der Waals surface area (Å²) in [4.78, 5) is 12.7. The van der Waals surface area contributed by atoms with Crippen LogP contribution in [-0.2, 0) is 26.5 Å². The molecule has 0 aromatic heterocycles. The van der Waals surface area contributed by atoms with Gasteiger partial charge in [-0.25, -0.2) is 22.0 Å². The second kappa shape index (κ2) is 9.34. The summed E-state index contributed by atoms with van der Waals surface area (Å²) in [6, 6.07) is 17.1. The number of nitrogens with one attached hydrogen (secondary N) is 1. The van der Waals surface area contributed by atoms with Crippen molar-refractivity contribution in [3.8, 4) is 0 Å². The maximum Gasteiger partial charge on any atom is 0.264 e. The maximum atomic E-state index is 13.1. The zero-order valence-electron chi connectivity index (χ0n) is 18.4. The van der Waals surface area contributed by atoms with E-state index in [-0.39, 0.29) is 21.0 Å². The summed E-state index contributed by atoms with van der Waals surface area (Å²) in [6.07, 6.45) is 0.453. The third-order valence-electron chi connectivity index (χ3n) is 5.16. The van der Waals surface area contributed by atoms with Crippen LogP contribution < -0.4 is 14.8 Å². The molecule has 0 atom stereocenters. The third-order valence-corrected chi connectivity index (χ3v) is 7.94. The molecule has 0 fully saturated rings. The van der Waals surface area contributed by atoms with Crippen LogP contribution in [0.1, 0.15) is 28.4 Å². The second-order valence-corrected chi connectivity index (χ2v) is 11.0. The van der Waals surface area contributed by atoms with Crippen LogP contribution in [0.25, 0.3) is 0 Å². The van der Waals surface area contributed by atoms with Crippen LogP contribution in [0.15, 0.2) is 76.5 Å². The fourth-order valence-corrected chi connectivity index (χ4v) is 5.35. The number of nitrogens with two attached hydrogens (primary N) is 1. The Hall–Kier alpha value is -3.21. The lowest BCUT2D eigenvalue weighted by Crippen LogP contribution is -2.26. The molecule has 0 saturated heterocycles. The lowest BCUT2D eigenvalue weighted by Gasteiger charge is -2.20. The molecule has 0 radical (unpaired) electrons. The Kier molecular flexibility index (Phi) is 6.92. The number of rotatable bonds is 7. The zero-order valence-corrected chi connectivity index (χ0v) is 20.1. The first-order valence-corrected chi connectivity index (χ1v) is 13.0. The van der Waals surface area contributed by atoms with Crippen molar-refractivity contribution in [2.45, 2.75) is 30.1 Å². The highest BCUT2D eigenvalue weighted by Crippen LogP contribution is 2.24. The topological polar surface area (TPSA) is 127 Å². The average Bonchev–Trinajstić information content (AvgIpc) is 2.78. The molecule has 0 unspecified atom stereocenters. The van der Waals surface area contributed by atoms with Gasteiger partial charge in [-0.2, -0.15) is 0 Å². The van der Waals surface area contributed by atoms with E-state index in [4.69, 9.17) is 5.14 Å². The van der Waals surface area contributed by atoms with E-state index in [1.54, 1.807) is 31.2 Å². The molecule has 3 aromatic rings. The number of hydrogen-bond acceptors (Lipinski definition) is 5. The molecule has 3 aromatic carbocycles. The molecule has 0 aliphatic rings. The van der Waals surface area contributed by atoms with Crippen LogP contribution in [0.4, 0.5) is 11.4 Å². The molecular formula is C23H25N3O5S2. The SMILES string of the molecule is CCc1ccc(NC(=O)c2cccc(S(=O)(=O)N(C)c3ccc(C)cc3)c2)cc1S(N)(=O)=O. The van der Waals surface area contributed by atoms with Gasteiger partial charge in [0.15, 0.2) is 0 Å². The van der Waals surface area contributed by atoms with Crippen molar-refractivity contribution in [3.05, 3.63) is 83.4 Å². The fraction of sp³-hybridized carbons (Fsp3) is 0.174. The van der Waals surface area contributed by atoms with Crippen molar-refractivity contribution >= 4 is 37.3 Å². The van der Waals surface area contributed by atoms with E-state index in [9.17, 15) is 21.6 Å². The number of aryl methyl sites for hydroxylation is 2. The van der Waals surface area contributed by atoms with Crippen molar-refractivity contribution in [1.29, 1.82) is 0 Å². The lowest BCUT2D eigenvalue weighted by atomic mass is 10.1. The third kappa shape index (κ3) is 5.41. The molecular weight excluding hydrogens is 462 g/mol. The molecule has 174 valence electrons. The summed E-state index contributed by atoms with van der Waals surface area (Å²) in [7, 11) is -6.44. The molecule has 3 rings (SSSR count). The van der Waals surface area contributed by atoms with Crippen molar-refractivity contribution in [2.75, 3.05) is 16.7 Å². The Morgan fingerprint density at radius 2 is 1.64 bits per heavy atom. The van der Waals surface area contributed by atoms with Gasteiger partial charge in [0.25, 0.3) is 15.9 Å². The van der Waals surface area contributed by atoms with E-state index in [1.807, 2.05) is 19.1 Å². The molecule has 3 N–H and O–H groups in total. The van der Waals surface area contributed by atoms with Crippen LogP contribution >= 0.6 is 0 Å². The standard InChI is InChI=1S/C23H25N3O5S2/c1-4-17-10-11-19(15-22(17)32(24,28)29)25-23(27)18-6-5-7-21(14-18)33(30,31)26(3)20-12-8-16(2)9-13-20/h5-15H,4H2,1-3H3,(H,25,27)(H2,24,28,29). The van der Waals surface area contributed by atoms with Crippen molar-refractivity contribution < 1.29 is 21.6 Å². The maximum absolute atomic E-state index is 13.1. The molecule has 0 spiro atoms. The molecule has 8 nitrogen and oxygen atoms in total. The van der Waals surface area contributed by atoms with Crippen LogP contribution in [0, 0.1) is 6.92 Å². The number of sulfonamides is 2. The summed E-state index contributed by atoms with van der Waals surface area (Å²) in [5, 5.41) is 7.88. The predicted octanol–water partition coefficient (Wildman–Crippen LogP) is 3.28. The highest BCUT2D eigenvalue weighted by molar-refractivity contribution is 7.92. The lowest BCUT2D eigenvalue weighted by molar-refractivity contribution is 0.102. The smallest absolute Gasteiger partial charge is 0.264 e. The first-order chi connectivity index (χ1) is 15.4. The Bertz CT molecular complexity index is 1400. The first-order valence-electron chi connectivity index (χ1n) is 10.1. The van der Waals surface area contributed by atoms with Gasteiger partial charge in [-0.1, -0.05) is 36.8 Å². The van der Waals surface area contributed by atoms with E-state index in [2.05, 4.69) is 5.32 Å². The van der Waals surface area contributed by atoms with E-state index in [0.717, 1.165) is 9.87 Å². The molecule has 0 aliphatic carbocycles. The number of carbonyl (C=O) groups excluding carboxylic acids is 1. The van der Waals surface area contributed by atoms with Crippen LogP contribution in [0.5, 0.6) is 0 Å². The Morgan fingerprint density at radius 3 is 2.24 bits per heavy atom. The van der Waals surface area contributed by atoms with E-state index >= 15 is 0 Å². The van der Waals surface area contributed by atoms with Crippen LogP contribution in [-0.4, -0.2) is 29.8 Å². The normalized spacial score (nSPS) is 11.8. The van der Waals surface area contributed by atoms with E-state index in [1.165, 1.54) is 37.4 Å². The monoisotopic (exact) mass is 487 g/mol. The van der Waals surface area contributed by atoms with Gasteiger partial charge in [-0.3, -0.25) is 9.10 Å². The van der Waals surface area contributed by atoms with E-state index in [0.29, 0.717) is 17.7 Å². The van der Waals surface area contributed by atoms with Crippen molar-refractivity contribution in [1.82, 2.24) is 0 Å². The molecule has 0 heterocycles. The molecule has 33 heavy (non-hydrogen) atoms. The Morgan fingerprint density at radius 1 is 0.970 bits per heavy atom. The quantitative estimate of drug-likeness (QED) is 0.529. The van der Waals surface area contributed by atoms with Crippen LogP contribution in [0.2, 0.25) is 0 Å². The minimum absolute atomic E-state index is 0.0511. The van der Waals surface area contributed by atoms with Gasteiger partial charge in [0.05, 0.1) is 15.5 Å². The molecule has 0 aliphatic heterocycles. The van der Waals surface area contributed by atoms with Crippen molar-refractivity contribution in [2.24, 2.45) is 5.14 Å². The largest absolute Gasteiger partial charge is 0.322 e. The molecule has 10 heteroatoms. The summed E-state index contributed by atoms with van der Waals surface area (Å²) in [6.45, 7) is 3.70. The summed E-state index contributed by atoms with van der Waals surface area (Å²) in [5.41, 5.74) is 2.35. The van der Waals surface area contributed by atoms with Gasteiger partial charge >= 0.3 is 0 Å². The summed E-state index contributed by atoms with van der Waals surface area (Å²) in [5.74, 6) is -0.588. The zero-order chi connectivity index (χ0) is 24.4. The molecule has 1 amide bonds. The van der Waals surface area contributed by atoms with Gasteiger partial charge in [-0.05, 0) is 61.4 Å². The summed E-state index contributed by atoms with van der Waals surface area (Å²) < 4.78 is 51.1. The van der Waals surface area contributed by atoms with Crippen molar-refractivity contribution in [3.63, 3.8) is 0 Å². The minimum atomic E-state index is -3.97. The van der Waals surface area contributed by atoms with Gasteiger partial charge in [-0.15, -0.1) is 0 Å². The number of carbonyl (C=O) groups is 1. The number of anilines is 2. The number of benzene rings is 3. The van der Waals surface area contributed by atoms with Gasteiger partial charge in [0.1, 0.15) is 0 Å². The number of nitrogens with zero attached hydrogens (tertiary/aromatic N) is 1. The average molecular weight is 488 g/mol. The van der Waals surface area contributed by atoms with Gasteiger partial charge in [0.2, 0.25) is 10.0 Å². The first kappa shape index (κ1) is 24.4. The highest BCUT2D eigenvalue weighted by atomic mass is 32.2. The number of primary sulfonamides is 1. The van der Waals surface area contributed by atoms with E-state index < -0.39 is 26.0 Å².